The van der Waals surface area contributed by atoms with Gasteiger partial charge in [0, 0.05) is 10.0 Å². The molecular formula is C17H13Cl2NO5. The number of hydrogen-bond donors (Lipinski definition) is 0. The van der Waals surface area contributed by atoms with Gasteiger partial charge < -0.3 is 14.2 Å². The fourth-order valence-electron chi connectivity index (χ4n) is 4.25. The van der Waals surface area contributed by atoms with Gasteiger partial charge in [-0.2, -0.15) is 0 Å². The highest BCUT2D eigenvalue weighted by Gasteiger charge is 2.71. The molecule has 0 aliphatic carbocycles. The van der Waals surface area contributed by atoms with Crippen molar-refractivity contribution in [1.82, 2.24) is 0 Å². The SMILES string of the molecule is O=C1[C@@H]2[C@H]3C=C[C@@](C4OCCO4)(O3)[C@H]2C(=O)N1c1cc(Cl)cc(Cl)c1. The number of amides is 2. The van der Waals surface area contributed by atoms with E-state index >= 15 is 0 Å². The van der Waals surface area contributed by atoms with E-state index in [1.54, 1.807) is 24.3 Å². The Morgan fingerprint density at radius 1 is 1.04 bits per heavy atom. The van der Waals surface area contributed by atoms with Crippen LogP contribution >= 0.6 is 23.2 Å². The van der Waals surface area contributed by atoms with Gasteiger partial charge in [0.05, 0.1) is 36.8 Å². The Bertz CT molecular complexity index is 801. The molecule has 0 unspecified atom stereocenters. The van der Waals surface area contributed by atoms with Crippen LogP contribution in [0.15, 0.2) is 30.4 Å². The van der Waals surface area contributed by atoms with Crippen LogP contribution in [-0.4, -0.2) is 43.0 Å². The molecule has 25 heavy (non-hydrogen) atoms. The number of halogens is 2. The number of hydrogen-bond acceptors (Lipinski definition) is 5. The third-order valence-corrected chi connectivity index (χ3v) is 5.61. The molecule has 3 saturated heterocycles. The van der Waals surface area contributed by atoms with Gasteiger partial charge in [-0.3, -0.25) is 9.59 Å². The molecule has 130 valence electrons. The molecule has 4 heterocycles. The molecule has 8 heteroatoms. The fourth-order valence-corrected chi connectivity index (χ4v) is 4.76. The van der Waals surface area contributed by atoms with E-state index in [0.29, 0.717) is 28.9 Å². The predicted octanol–water partition coefficient (Wildman–Crippen LogP) is 2.18. The summed E-state index contributed by atoms with van der Waals surface area (Å²) in [6, 6.07) is 4.65. The normalized spacial score (nSPS) is 36.7. The minimum absolute atomic E-state index is 0.317. The van der Waals surface area contributed by atoms with Crippen LogP contribution in [0.4, 0.5) is 5.69 Å². The smallest absolute Gasteiger partial charge is 0.241 e. The lowest BCUT2D eigenvalue weighted by atomic mass is 9.76. The molecule has 4 aliphatic rings. The van der Waals surface area contributed by atoms with Crippen LogP contribution in [-0.2, 0) is 23.8 Å². The molecule has 4 atom stereocenters. The van der Waals surface area contributed by atoms with Gasteiger partial charge in [-0.25, -0.2) is 4.90 Å². The van der Waals surface area contributed by atoms with E-state index in [0.717, 1.165) is 4.90 Å². The summed E-state index contributed by atoms with van der Waals surface area (Å²) < 4.78 is 17.2. The highest BCUT2D eigenvalue weighted by Crippen LogP contribution is 2.55. The molecule has 0 spiro atoms. The van der Waals surface area contributed by atoms with Crippen molar-refractivity contribution in [3.05, 3.63) is 40.4 Å². The maximum absolute atomic E-state index is 13.2. The van der Waals surface area contributed by atoms with E-state index in [2.05, 4.69) is 0 Å². The molecule has 5 rings (SSSR count). The van der Waals surface area contributed by atoms with Crippen LogP contribution < -0.4 is 4.90 Å². The Morgan fingerprint density at radius 3 is 2.40 bits per heavy atom. The van der Waals surface area contributed by atoms with Crippen molar-refractivity contribution < 1.29 is 23.8 Å². The van der Waals surface area contributed by atoms with Gasteiger partial charge in [-0.15, -0.1) is 0 Å². The summed E-state index contributed by atoms with van der Waals surface area (Å²) in [4.78, 5) is 27.3. The van der Waals surface area contributed by atoms with Crippen molar-refractivity contribution in [2.75, 3.05) is 18.1 Å². The van der Waals surface area contributed by atoms with Crippen molar-refractivity contribution >= 4 is 40.7 Å². The number of rotatable bonds is 2. The minimum Gasteiger partial charge on any atom is -0.357 e. The van der Waals surface area contributed by atoms with Gasteiger partial charge in [0.25, 0.3) is 0 Å². The molecule has 0 saturated carbocycles. The largest absolute Gasteiger partial charge is 0.357 e. The summed E-state index contributed by atoms with van der Waals surface area (Å²) in [7, 11) is 0. The predicted molar refractivity (Wildman–Crippen MR) is 88.4 cm³/mol. The molecule has 1 aromatic carbocycles. The van der Waals surface area contributed by atoms with E-state index in [4.69, 9.17) is 37.4 Å². The second-order valence-electron chi connectivity index (χ2n) is 6.51. The van der Waals surface area contributed by atoms with Crippen LogP contribution in [0.3, 0.4) is 0 Å². The van der Waals surface area contributed by atoms with Crippen molar-refractivity contribution in [1.29, 1.82) is 0 Å². The maximum Gasteiger partial charge on any atom is 0.241 e. The summed E-state index contributed by atoms with van der Waals surface area (Å²) in [5, 5.41) is 0.712. The molecule has 4 aliphatic heterocycles. The molecule has 1 aromatic rings. The number of nitrogens with zero attached hydrogens (tertiary/aromatic N) is 1. The summed E-state index contributed by atoms with van der Waals surface area (Å²) >= 11 is 12.1. The number of carbonyl (C=O) groups excluding carboxylic acids is 2. The highest BCUT2D eigenvalue weighted by atomic mass is 35.5. The van der Waals surface area contributed by atoms with E-state index < -0.39 is 29.8 Å². The molecule has 2 amide bonds. The van der Waals surface area contributed by atoms with Crippen molar-refractivity contribution in [3.63, 3.8) is 0 Å². The van der Waals surface area contributed by atoms with Crippen molar-refractivity contribution in [2.24, 2.45) is 11.8 Å². The summed E-state index contributed by atoms with van der Waals surface area (Å²) in [5.74, 6) is -1.94. The first-order valence-electron chi connectivity index (χ1n) is 7.95. The third-order valence-electron chi connectivity index (χ3n) is 5.17. The van der Waals surface area contributed by atoms with Crippen LogP contribution in [0.5, 0.6) is 0 Å². The Balaban J connectivity index is 1.57. The van der Waals surface area contributed by atoms with Gasteiger partial charge >= 0.3 is 0 Å². The van der Waals surface area contributed by atoms with Gasteiger partial charge in [-0.1, -0.05) is 29.3 Å². The van der Waals surface area contributed by atoms with Crippen LogP contribution in [0, 0.1) is 11.8 Å². The number of fused-ring (bicyclic) bond motifs is 5. The number of carbonyl (C=O) groups is 2. The maximum atomic E-state index is 13.2. The summed E-state index contributed by atoms with van der Waals surface area (Å²) in [5.41, 5.74) is -0.694. The topological polar surface area (TPSA) is 65.1 Å². The zero-order chi connectivity index (χ0) is 17.3. The molecule has 3 fully saturated rings. The Morgan fingerprint density at radius 2 is 1.72 bits per heavy atom. The van der Waals surface area contributed by atoms with Crippen LogP contribution in [0.25, 0.3) is 0 Å². The van der Waals surface area contributed by atoms with E-state index in [1.165, 1.54) is 0 Å². The average molecular weight is 382 g/mol. The van der Waals surface area contributed by atoms with E-state index in [1.807, 2.05) is 6.08 Å². The zero-order valence-electron chi connectivity index (χ0n) is 12.9. The second-order valence-corrected chi connectivity index (χ2v) is 7.38. The lowest BCUT2D eigenvalue weighted by Crippen LogP contribution is -2.49. The van der Waals surface area contributed by atoms with Gasteiger partial charge in [-0.05, 0) is 24.3 Å². The summed E-state index contributed by atoms with van der Waals surface area (Å²) in [6.45, 7) is 0.864. The van der Waals surface area contributed by atoms with Crippen molar-refractivity contribution in [3.8, 4) is 0 Å². The number of ether oxygens (including phenoxy) is 3. The first-order valence-corrected chi connectivity index (χ1v) is 8.71. The highest BCUT2D eigenvalue weighted by molar-refractivity contribution is 6.35. The quantitative estimate of drug-likeness (QED) is 0.580. The number of anilines is 1. The standard InChI is InChI=1S/C17H13Cl2NO5/c18-8-5-9(19)7-10(6-8)20-14(21)12-11-1-2-17(25-11,13(12)15(20)22)16-23-3-4-24-16/h1-2,5-7,11-13,16H,3-4H2/t11-,12-,13-,17-/m1/s1. The Kier molecular flexibility index (Phi) is 3.34. The lowest BCUT2D eigenvalue weighted by Gasteiger charge is -2.32. The summed E-state index contributed by atoms with van der Waals surface area (Å²) in [6.07, 6.45) is 2.46. The van der Waals surface area contributed by atoms with Gasteiger partial charge in [0.2, 0.25) is 11.8 Å². The van der Waals surface area contributed by atoms with Gasteiger partial charge in [0.1, 0.15) is 0 Å². The molecule has 0 radical (unpaired) electrons. The second kappa shape index (κ2) is 5.28. The molecule has 0 N–H and O–H groups in total. The Labute approximate surface area is 153 Å². The van der Waals surface area contributed by atoms with E-state index in [9.17, 15) is 9.59 Å². The molecule has 2 bridgehead atoms. The average Bonchev–Trinajstić information content (AvgIpc) is 3.30. The monoisotopic (exact) mass is 381 g/mol. The number of imide groups is 1. The van der Waals surface area contributed by atoms with E-state index in [-0.39, 0.29) is 11.8 Å². The fraction of sp³-hybridized carbons (Fsp3) is 0.412. The molecular weight excluding hydrogens is 369 g/mol. The van der Waals surface area contributed by atoms with Crippen LogP contribution in [0.2, 0.25) is 10.0 Å². The molecule has 6 nitrogen and oxygen atoms in total. The molecule has 0 aromatic heterocycles. The number of benzene rings is 1. The first kappa shape index (κ1) is 15.8. The Hall–Kier alpha value is -1.44. The minimum atomic E-state index is -1.06. The first-order chi connectivity index (χ1) is 12.0. The third kappa shape index (κ3) is 2.03. The van der Waals surface area contributed by atoms with Crippen LogP contribution in [0.1, 0.15) is 0 Å². The zero-order valence-corrected chi connectivity index (χ0v) is 14.4. The van der Waals surface area contributed by atoms with Crippen molar-refractivity contribution in [2.45, 2.75) is 18.0 Å². The lowest BCUT2D eigenvalue weighted by molar-refractivity contribution is -0.180. The van der Waals surface area contributed by atoms with Gasteiger partial charge in [0.15, 0.2) is 11.9 Å².